The Hall–Kier alpha value is -0.910. The number of aliphatic hydroxyl groups excluding tert-OH is 1. The third-order valence-corrected chi connectivity index (χ3v) is 2.60. The predicted molar refractivity (Wildman–Crippen MR) is 65.7 cm³/mol. The minimum Gasteiger partial charge on any atom is -0.394 e. The van der Waals surface area contributed by atoms with Crippen molar-refractivity contribution in [1.29, 1.82) is 0 Å². The fourth-order valence-corrected chi connectivity index (χ4v) is 1.97. The normalized spacial score (nSPS) is 23.5. The fourth-order valence-electron chi connectivity index (χ4n) is 1.97. The number of morpholine rings is 1. The van der Waals surface area contributed by atoms with E-state index in [1.807, 2.05) is 13.8 Å². The van der Waals surface area contributed by atoms with Gasteiger partial charge < -0.3 is 20.1 Å². The molecule has 1 amide bonds. The van der Waals surface area contributed by atoms with Crippen LogP contribution >= 0.6 is 0 Å². The van der Waals surface area contributed by atoms with Crippen molar-refractivity contribution < 1.29 is 14.6 Å². The van der Waals surface area contributed by atoms with Gasteiger partial charge in [0.25, 0.3) is 0 Å². The maximum Gasteiger partial charge on any atom is 0.236 e. The number of ether oxygens (including phenoxy) is 1. The molecule has 0 aromatic carbocycles. The van der Waals surface area contributed by atoms with Crippen molar-refractivity contribution in [3.8, 4) is 0 Å². The van der Waals surface area contributed by atoms with Crippen LogP contribution in [0, 0.1) is 0 Å². The molecule has 5 heteroatoms. The molecular formula is C12H22N2O3. The number of carbonyl (C=O) groups excluding carboxylic acids is 1. The Morgan fingerprint density at radius 1 is 1.71 bits per heavy atom. The van der Waals surface area contributed by atoms with Gasteiger partial charge in [0.2, 0.25) is 5.91 Å². The molecule has 98 valence electrons. The molecule has 2 N–H and O–H groups in total. The van der Waals surface area contributed by atoms with Crippen molar-refractivity contribution >= 4 is 5.91 Å². The summed E-state index contributed by atoms with van der Waals surface area (Å²) in [4.78, 5) is 13.7. The quantitative estimate of drug-likeness (QED) is 0.516. The van der Waals surface area contributed by atoms with Gasteiger partial charge in [0.1, 0.15) is 0 Å². The van der Waals surface area contributed by atoms with E-state index in [9.17, 15) is 4.79 Å². The average molecular weight is 242 g/mol. The van der Waals surface area contributed by atoms with E-state index in [4.69, 9.17) is 9.84 Å². The lowest BCUT2D eigenvalue weighted by Gasteiger charge is -2.42. The van der Waals surface area contributed by atoms with Gasteiger partial charge in [0.15, 0.2) is 0 Å². The number of hydrogen-bond donors (Lipinski definition) is 2. The second-order valence-corrected chi connectivity index (χ2v) is 4.88. The zero-order chi connectivity index (χ0) is 12.9. The molecule has 1 aliphatic rings. The molecule has 0 spiro atoms. The lowest BCUT2D eigenvalue weighted by Crippen LogP contribution is -2.56. The summed E-state index contributed by atoms with van der Waals surface area (Å²) in [7, 11) is 0. The molecule has 1 unspecified atom stereocenters. The molecule has 0 bridgehead atoms. The van der Waals surface area contributed by atoms with Gasteiger partial charge in [0.05, 0.1) is 24.9 Å². The Kier molecular flexibility index (Phi) is 5.11. The molecule has 1 heterocycles. The summed E-state index contributed by atoms with van der Waals surface area (Å²) in [6, 6.07) is 0. The van der Waals surface area contributed by atoms with Crippen molar-refractivity contribution in [3.63, 3.8) is 0 Å². The number of nitrogens with zero attached hydrogens (tertiary/aromatic N) is 1. The van der Waals surface area contributed by atoms with Gasteiger partial charge in [-0.1, -0.05) is 6.08 Å². The molecule has 1 rings (SSSR count). The van der Waals surface area contributed by atoms with E-state index in [1.54, 1.807) is 11.0 Å². The van der Waals surface area contributed by atoms with E-state index >= 15 is 0 Å². The number of rotatable bonds is 5. The molecule has 1 saturated heterocycles. The van der Waals surface area contributed by atoms with Crippen molar-refractivity contribution in [1.82, 2.24) is 10.2 Å². The van der Waals surface area contributed by atoms with Gasteiger partial charge in [0, 0.05) is 19.6 Å². The first-order chi connectivity index (χ1) is 7.98. The van der Waals surface area contributed by atoms with Crippen LogP contribution in [0.15, 0.2) is 12.7 Å². The highest BCUT2D eigenvalue weighted by Crippen LogP contribution is 2.20. The maximum absolute atomic E-state index is 11.9. The SMILES string of the molecule is C=CCNCC(=O)N1CC(CO)OC(C)(C)C1. The second kappa shape index (κ2) is 6.14. The molecule has 1 fully saturated rings. The minimum absolute atomic E-state index is 0.0293. The molecule has 0 aromatic heterocycles. The Morgan fingerprint density at radius 2 is 2.41 bits per heavy atom. The number of nitrogens with one attached hydrogen (secondary N) is 1. The highest BCUT2D eigenvalue weighted by Gasteiger charge is 2.34. The number of carbonyl (C=O) groups is 1. The fraction of sp³-hybridized carbons (Fsp3) is 0.750. The molecule has 0 aromatic rings. The molecule has 0 saturated carbocycles. The van der Waals surface area contributed by atoms with Crippen LogP contribution in [0.1, 0.15) is 13.8 Å². The molecule has 5 nitrogen and oxygen atoms in total. The first kappa shape index (κ1) is 14.2. The van der Waals surface area contributed by atoms with E-state index < -0.39 is 5.60 Å². The van der Waals surface area contributed by atoms with Crippen molar-refractivity contribution in [2.75, 3.05) is 32.8 Å². The highest BCUT2D eigenvalue weighted by atomic mass is 16.5. The molecule has 0 aliphatic carbocycles. The predicted octanol–water partition coefficient (Wildman–Crippen LogP) is -0.240. The van der Waals surface area contributed by atoms with Crippen LogP contribution in [0.2, 0.25) is 0 Å². The summed E-state index contributed by atoms with van der Waals surface area (Å²) in [5, 5.41) is 12.1. The van der Waals surface area contributed by atoms with Crippen LogP contribution in [-0.4, -0.2) is 60.4 Å². The smallest absolute Gasteiger partial charge is 0.236 e. The number of aliphatic hydroxyl groups is 1. The Labute approximate surface area is 102 Å². The highest BCUT2D eigenvalue weighted by molar-refractivity contribution is 5.78. The summed E-state index contributed by atoms with van der Waals surface area (Å²) < 4.78 is 5.65. The molecule has 1 aliphatic heterocycles. The Balaban J connectivity index is 2.51. The topological polar surface area (TPSA) is 61.8 Å². The summed E-state index contributed by atoms with van der Waals surface area (Å²) >= 11 is 0. The summed E-state index contributed by atoms with van der Waals surface area (Å²) in [6.45, 7) is 9.27. The molecule has 1 atom stereocenters. The van der Waals surface area contributed by atoms with Crippen LogP contribution in [0.4, 0.5) is 0 Å². The zero-order valence-corrected chi connectivity index (χ0v) is 10.6. The first-order valence-corrected chi connectivity index (χ1v) is 5.86. The lowest BCUT2D eigenvalue weighted by molar-refractivity contribution is -0.166. The van der Waals surface area contributed by atoms with Gasteiger partial charge in [-0.05, 0) is 13.8 Å². The van der Waals surface area contributed by atoms with E-state index in [0.717, 1.165) is 0 Å². The van der Waals surface area contributed by atoms with Crippen LogP contribution < -0.4 is 5.32 Å². The number of hydrogen-bond acceptors (Lipinski definition) is 4. The van der Waals surface area contributed by atoms with Crippen LogP contribution in [0.3, 0.4) is 0 Å². The van der Waals surface area contributed by atoms with E-state index in [-0.39, 0.29) is 18.6 Å². The summed E-state index contributed by atoms with van der Waals surface area (Å²) in [5.41, 5.74) is -0.403. The monoisotopic (exact) mass is 242 g/mol. The minimum atomic E-state index is -0.403. The Bertz CT molecular complexity index is 279. The molecular weight excluding hydrogens is 220 g/mol. The first-order valence-electron chi connectivity index (χ1n) is 5.86. The van der Waals surface area contributed by atoms with Crippen molar-refractivity contribution in [3.05, 3.63) is 12.7 Å². The largest absolute Gasteiger partial charge is 0.394 e. The Morgan fingerprint density at radius 3 is 3.00 bits per heavy atom. The molecule has 0 radical (unpaired) electrons. The van der Waals surface area contributed by atoms with E-state index in [1.165, 1.54) is 0 Å². The lowest BCUT2D eigenvalue weighted by atomic mass is 10.1. The van der Waals surface area contributed by atoms with Gasteiger partial charge in [-0.25, -0.2) is 0 Å². The summed E-state index contributed by atoms with van der Waals surface area (Å²) in [6.07, 6.45) is 1.43. The molecule has 17 heavy (non-hydrogen) atoms. The standard InChI is InChI=1S/C12H22N2O3/c1-4-5-13-6-11(16)14-7-10(8-15)17-12(2,3)9-14/h4,10,13,15H,1,5-9H2,2-3H3. The second-order valence-electron chi connectivity index (χ2n) is 4.88. The third-order valence-electron chi connectivity index (χ3n) is 2.60. The van der Waals surface area contributed by atoms with Gasteiger partial charge in [-0.3, -0.25) is 4.79 Å². The van der Waals surface area contributed by atoms with E-state index in [0.29, 0.717) is 26.2 Å². The average Bonchev–Trinajstić information content (AvgIpc) is 2.27. The van der Waals surface area contributed by atoms with Crippen LogP contribution in [0.5, 0.6) is 0 Å². The maximum atomic E-state index is 11.9. The van der Waals surface area contributed by atoms with Gasteiger partial charge in [-0.15, -0.1) is 6.58 Å². The van der Waals surface area contributed by atoms with Gasteiger partial charge >= 0.3 is 0 Å². The number of amides is 1. The van der Waals surface area contributed by atoms with Crippen LogP contribution in [0.25, 0.3) is 0 Å². The van der Waals surface area contributed by atoms with Crippen molar-refractivity contribution in [2.24, 2.45) is 0 Å². The summed E-state index contributed by atoms with van der Waals surface area (Å²) in [5.74, 6) is 0.0293. The van der Waals surface area contributed by atoms with Crippen molar-refractivity contribution in [2.45, 2.75) is 25.6 Å². The van der Waals surface area contributed by atoms with Gasteiger partial charge in [-0.2, -0.15) is 0 Å². The van der Waals surface area contributed by atoms with Crippen LogP contribution in [-0.2, 0) is 9.53 Å². The van der Waals surface area contributed by atoms with E-state index in [2.05, 4.69) is 11.9 Å². The third kappa shape index (κ3) is 4.46. The zero-order valence-electron chi connectivity index (χ0n) is 10.6.